The van der Waals surface area contributed by atoms with Gasteiger partial charge in [0.25, 0.3) is 0 Å². The van der Waals surface area contributed by atoms with E-state index in [1.807, 2.05) is 0 Å². The van der Waals surface area contributed by atoms with Crippen LogP contribution < -0.4 is 5.32 Å². The molecule has 1 amide bonds. The van der Waals surface area contributed by atoms with Crippen LogP contribution in [0.4, 0.5) is 0 Å². The molecule has 2 saturated heterocycles. The van der Waals surface area contributed by atoms with Crippen LogP contribution >= 0.6 is 24.8 Å². The maximum absolute atomic E-state index is 12.8. The van der Waals surface area contributed by atoms with Crippen LogP contribution in [0.25, 0.3) is 0 Å². The van der Waals surface area contributed by atoms with Crippen molar-refractivity contribution in [1.29, 1.82) is 0 Å². The van der Waals surface area contributed by atoms with Crippen LogP contribution in [0.2, 0.25) is 0 Å². The van der Waals surface area contributed by atoms with Crippen molar-refractivity contribution in [1.82, 2.24) is 15.1 Å². The Bertz CT molecular complexity index is 313. The highest BCUT2D eigenvalue weighted by atomic mass is 35.5. The molecule has 0 aliphatic carbocycles. The van der Waals surface area contributed by atoms with Gasteiger partial charge < -0.3 is 10.2 Å². The van der Waals surface area contributed by atoms with Crippen molar-refractivity contribution in [3.63, 3.8) is 0 Å². The first-order valence-corrected chi connectivity index (χ1v) is 8.44. The molecule has 0 aromatic rings. The zero-order valence-corrected chi connectivity index (χ0v) is 15.8. The van der Waals surface area contributed by atoms with Crippen LogP contribution in [-0.4, -0.2) is 61.0 Å². The lowest BCUT2D eigenvalue weighted by Crippen LogP contribution is -2.48. The van der Waals surface area contributed by atoms with Crippen molar-refractivity contribution >= 4 is 30.7 Å². The van der Waals surface area contributed by atoms with E-state index in [1.54, 1.807) is 0 Å². The average Bonchev–Trinajstić information content (AvgIpc) is 2.82. The predicted molar refractivity (Wildman–Crippen MR) is 97.2 cm³/mol. The van der Waals surface area contributed by atoms with E-state index >= 15 is 0 Å². The summed E-state index contributed by atoms with van der Waals surface area (Å²) >= 11 is 0. The molecule has 0 spiro atoms. The maximum atomic E-state index is 12.8. The number of nitrogens with zero attached hydrogens (tertiary/aromatic N) is 2. The Morgan fingerprint density at radius 2 is 1.59 bits per heavy atom. The van der Waals surface area contributed by atoms with E-state index < -0.39 is 0 Å². The van der Waals surface area contributed by atoms with Crippen molar-refractivity contribution < 1.29 is 4.79 Å². The molecule has 4 nitrogen and oxygen atoms in total. The van der Waals surface area contributed by atoms with Gasteiger partial charge in [0.05, 0.1) is 6.04 Å². The molecule has 0 saturated carbocycles. The van der Waals surface area contributed by atoms with Gasteiger partial charge in [-0.2, -0.15) is 0 Å². The van der Waals surface area contributed by atoms with Crippen LogP contribution in [0, 0.1) is 11.8 Å². The summed E-state index contributed by atoms with van der Waals surface area (Å²) in [5.41, 5.74) is 0. The zero-order valence-electron chi connectivity index (χ0n) is 14.2. The fraction of sp³-hybridized carbons (Fsp3) is 0.938. The number of fused-ring (bicyclic) bond motifs is 1. The predicted octanol–water partition coefficient (Wildman–Crippen LogP) is 2.41. The summed E-state index contributed by atoms with van der Waals surface area (Å²) in [5, 5.41) is 3.49. The van der Waals surface area contributed by atoms with Crippen LogP contribution in [0.5, 0.6) is 0 Å². The molecule has 0 aromatic heterocycles. The van der Waals surface area contributed by atoms with Crippen LogP contribution in [0.3, 0.4) is 0 Å². The summed E-state index contributed by atoms with van der Waals surface area (Å²) in [6.07, 6.45) is 3.28. The number of hydrogen-bond acceptors (Lipinski definition) is 3. The first-order valence-electron chi connectivity index (χ1n) is 8.44. The van der Waals surface area contributed by atoms with Crippen molar-refractivity contribution in [2.45, 2.75) is 46.1 Å². The molecule has 2 rings (SSSR count). The van der Waals surface area contributed by atoms with Gasteiger partial charge in [0.1, 0.15) is 0 Å². The van der Waals surface area contributed by atoms with Crippen LogP contribution in [-0.2, 0) is 4.79 Å². The van der Waals surface area contributed by atoms with Crippen LogP contribution in [0.15, 0.2) is 0 Å². The molecule has 2 fully saturated rings. The van der Waals surface area contributed by atoms with E-state index in [0.717, 1.165) is 57.5 Å². The number of halogens is 2. The van der Waals surface area contributed by atoms with Gasteiger partial charge in [0.15, 0.2) is 0 Å². The van der Waals surface area contributed by atoms with Gasteiger partial charge in [-0.25, -0.2) is 0 Å². The van der Waals surface area contributed by atoms with Gasteiger partial charge >= 0.3 is 0 Å². The maximum Gasteiger partial charge on any atom is 0.239 e. The lowest BCUT2D eigenvalue weighted by molar-refractivity contribution is -0.137. The number of likely N-dealkylation sites (N-methyl/N-ethyl adjacent to an activating group) is 1. The second-order valence-electron chi connectivity index (χ2n) is 6.23. The Morgan fingerprint density at radius 1 is 1.09 bits per heavy atom. The Balaban J connectivity index is 0.00000220. The summed E-state index contributed by atoms with van der Waals surface area (Å²) in [4.78, 5) is 17.3. The zero-order chi connectivity index (χ0) is 14.5. The number of carbonyl (C=O) groups is 1. The quantitative estimate of drug-likeness (QED) is 0.824. The fourth-order valence-electron chi connectivity index (χ4n) is 3.90. The number of amides is 1. The minimum Gasteiger partial charge on any atom is -0.341 e. The molecule has 6 heteroatoms. The Kier molecular flexibility index (Phi) is 10.7. The van der Waals surface area contributed by atoms with E-state index in [9.17, 15) is 4.79 Å². The van der Waals surface area contributed by atoms with E-state index in [4.69, 9.17) is 0 Å². The number of likely N-dealkylation sites (tertiary alicyclic amines) is 1. The second kappa shape index (κ2) is 10.7. The summed E-state index contributed by atoms with van der Waals surface area (Å²) in [6.45, 7) is 12.6. The molecule has 0 radical (unpaired) electrons. The highest BCUT2D eigenvalue weighted by Gasteiger charge is 2.33. The van der Waals surface area contributed by atoms with Crippen molar-refractivity contribution in [2.24, 2.45) is 11.8 Å². The van der Waals surface area contributed by atoms with Gasteiger partial charge in [0.2, 0.25) is 5.91 Å². The molecule has 3 atom stereocenters. The standard InChI is InChI=1S/C16H31N3O.2ClH/c1-4-15(18(5-2)6-3)16(20)19-9-7-13-11-17-12-14(13)8-10-19;;/h13-15,17H,4-12H2,1-3H3;2*1H/t13-,14+,15?;;. The van der Waals surface area contributed by atoms with Gasteiger partial charge in [-0.1, -0.05) is 20.8 Å². The molecule has 0 bridgehead atoms. The van der Waals surface area contributed by atoms with Crippen molar-refractivity contribution in [2.75, 3.05) is 39.3 Å². The monoisotopic (exact) mass is 353 g/mol. The topological polar surface area (TPSA) is 35.6 Å². The molecule has 22 heavy (non-hydrogen) atoms. The largest absolute Gasteiger partial charge is 0.341 e. The lowest BCUT2D eigenvalue weighted by Gasteiger charge is -2.32. The van der Waals surface area contributed by atoms with E-state index in [0.29, 0.717) is 5.91 Å². The minimum absolute atomic E-state index is 0. The minimum atomic E-state index is 0. The summed E-state index contributed by atoms with van der Waals surface area (Å²) in [5.74, 6) is 1.95. The first-order chi connectivity index (χ1) is 9.71. The number of hydrogen-bond donors (Lipinski definition) is 1. The average molecular weight is 354 g/mol. The normalized spacial score (nSPS) is 25.7. The van der Waals surface area contributed by atoms with Gasteiger partial charge in [-0.3, -0.25) is 9.69 Å². The molecule has 2 aliphatic rings. The third-order valence-corrected chi connectivity index (χ3v) is 5.26. The smallest absolute Gasteiger partial charge is 0.239 e. The summed E-state index contributed by atoms with van der Waals surface area (Å²) in [6, 6.07) is 0.0843. The Morgan fingerprint density at radius 3 is 2.00 bits per heavy atom. The van der Waals surface area contributed by atoms with E-state index in [-0.39, 0.29) is 30.9 Å². The molecule has 132 valence electrons. The number of nitrogens with one attached hydrogen (secondary N) is 1. The number of rotatable bonds is 5. The third kappa shape index (κ3) is 4.98. The van der Waals surface area contributed by atoms with Crippen LogP contribution in [0.1, 0.15) is 40.0 Å². The molecule has 0 aromatic carbocycles. The SMILES string of the molecule is CCC(C(=O)N1CC[C@@H]2CNC[C@@H]2CC1)N(CC)CC.Cl.Cl. The summed E-state index contributed by atoms with van der Waals surface area (Å²) < 4.78 is 0. The van der Waals surface area contributed by atoms with Crippen molar-refractivity contribution in [3.8, 4) is 0 Å². The van der Waals surface area contributed by atoms with E-state index in [1.165, 1.54) is 12.8 Å². The molecule has 1 unspecified atom stereocenters. The molecule has 1 N–H and O–H groups in total. The highest BCUT2D eigenvalue weighted by molar-refractivity contribution is 5.85. The second-order valence-corrected chi connectivity index (χ2v) is 6.23. The van der Waals surface area contributed by atoms with E-state index in [2.05, 4.69) is 35.9 Å². The van der Waals surface area contributed by atoms with Gasteiger partial charge in [0, 0.05) is 13.1 Å². The van der Waals surface area contributed by atoms with Crippen molar-refractivity contribution in [3.05, 3.63) is 0 Å². The Hall–Kier alpha value is -0.0300. The number of carbonyl (C=O) groups excluding carboxylic acids is 1. The first kappa shape index (κ1) is 22.0. The molecule has 2 aliphatic heterocycles. The fourth-order valence-corrected chi connectivity index (χ4v) is 3.90. The molecule has 2 heterocycles. The highest BCUT2D eigenvalue weighted by Crippen LogP contribution is 2.27. The molecular weight excluding hydrogens is 321 g/mol. The van der Waals surface area contributed by atoms with Gasteiger partial charge in [-0.15, -0.1) is 24.8 Å². The lowest BCUT2D eigenvalue weighted by atomic mass is 9.92. The molecular formula is C16H33Cl2N3O. The summed E-state index contributed by atoms with van der Waals surface area (Å²) in [7, 11) is 0. The van der Waals surface area contributed by atoms with Gasteiger partial charge in [-0.05, 0) is 57.3 Å². The Labute approximate surface area is 148 Å². The third-order valence-electron chi connectivity index (χ3n) is 5.26.